The van der Waals surface area contributed by atoms with Gasteiger partial charge in [-0.25, -0.2) is 0 Å². The Bertz CT molecular complexity index is 283. The molecule has 0 fully saturated rings. The largest absolute Gasteiger partial charge is 0.508 e. The number of benzene rings is 1. The van der Waals surface area contributed by atoms with Crippen molar-refractivity contribution >= 4 is 15.9 Å². The predicted molar refractivity (Wildman–Crippen MR) is 48.1 cm³/mol. The lowest BCUT2D eigenvalue weighted by atomic mass is 10.1. The topological polar surface area (TPSA) is 20.2 Å². The number of phenols is 1. The van der Waals surface area contributed by atoms with Crippen LogP contribution in [-0.4, -0.2) is 5.11 Å². The van der Waals surface area contributed by atoms with Crippen molar-refractivity contribution in [1.29, 1.82) is 0 Å². The second-order valence-corrected chi connectivity index (χ2v) is 3.99. The molecular formula is C9H9BrO. The van der Waals surface area contributed by atoms with Crippen molar-refractivity contribution in [3.63, 3.8) is 0 Å². The molecule has 1 aromatic rings. The van der Waals surface area contributed by atoms with E-state index in [0.29, 0.717) is 10.6 Å². The fourth-order valence-corrected chi connectivity index (χ4v) is 2.23. The monoisotopic (exact) mass is 212 g/mol. The van der Waals surface area contributed by atoms with Gasteiger partial charge in [-0.15, -0.1) is 0 Å². The minimum absolute atomic E-state index is 0.380. The predicted octanol–water partition coefficient (Wildman–Crippen LogP) is 2.77. The van der Waals surface area contributed by atoms with Gasteiger partial charge in [0.25, 0.3) is 0 Å². The molecule has 0 radical (unpaired) electrons. The number of halogens is 1. The van der Waals surface area contributed by atoms with Crippen molar-refractivity contribution in [3.8, 4) is 5.75 Å². The van der Waals surface area contributed by atoms with Crippen molar-refractivity contribution in [2.24, 2.45) is 0 Å². The zero-order chi connectivity index (χ0) is 7.84. The third kappa shape index (κ3) is 1.16. The van der Waals surface area contributed by atoms with Crippen LogP contribution in [0.25, 0.3) is 0 Å². The highest BCUT2D eigenvalue weighted by Gasteiger charge is 2.19. The van der Waals surface area contributed by atoms with E-state index in [0.717, 1.165) is 12.8 Å². The van der Waals surface area contributed by atoms with E-state index >= 15 is 0 Å². The third-order valence-electron chi connectivity index (χ3n) is 2.13. The number of aryl methyl sites for hydroxylation is 1. The molecule has 11 heavy (non-hydrogen) atoms. The molecule has 0 spiro atoms. The Morgan fingerprint density at radius 3 is 3.09 bits per heavy atom. The molecule has 1 N–H and O–H groups in total. The molecule has 1 atom stereocenters. The van der Waals surface area contributed by atoms with E-state index in [4.69, 9.17) is 5.11 Å². The first-order valence-corrected chi connectivity index (χ1v) is 4.65. The summed E-state index contributed by atoms with van der Waals surface area (Å²) in [5.41, 5.74) is 2.62. The van der Waals surface area contributed by atoms with Gasteiger partial charge in [-0.2, -0.15) is 0 Å². The van der Waals surface area contributed by atoms with E-state index in [2.05, 4.69) is 15.9 Å². The molecule has 0 aromatic heterocycles. The normalized spacial score (nSPS) is 21.7. The standard InChI is InChI=1S/C9H9BrO/c10-9-4-1-6-5-7(11)2-3-8(6)9/h2-3,5,9,11H,1,4H2. The van der Waals surface area contributed by atoms with Gasteiger partial charge in [-0.1, -0.05) is 22.0 Å². The van der Waals surface area contributed by atoms with Crippen LogP contribution in [-0.2, 0) is 6.42 Å². The summed E-state index contributed by atoms with van der Waals surface area (Å²) in [5.74, 6) is 0.380. The summed E-state index contributed by atoms with van der Waals surface area (Å²) < 4.78 is 0. The molecule has 1 unspecified atom stereocenters. The van der Waals surface area contributed by atoms with E-state index in [1.165, 1.54) is 11.1 Å². The molecule has 0 heterocycles. The third-order valence-corrected chi connectivity index (χ3v) is 3.08. The number of aromatic hydroxyl groups is 1. The van der Waals surface area contributed by atoms with Crippen molar-refractivity contribution in [1.82, 2.24) is 0 Å². The van der Waals surface area contributed by atoms with Crippen molar-refractivity contribution < 1.29 is 5.11 Å². The van der Waals surface area contributed by atoms with Crippen molar-refractivity contribution in [2.75, 3.05) is 0 Å². The summed E-state index contributed by atoms with van der Waals surface area (Å²) in [7, 11) is 0. The van der Waals surface area contributed by atoms with Crippen molar-refractivity contribution in [3.05, 3.63) is 29.3 Å². The van der Waals surface area contributed by atoms with Gasteiger partial charge in [0.2, 0.25) is 0 Å². The van der Waals surface area contributed by atoms with Crippen LogP contribution >= 0.6 is 15.9 Å². The first-order valence-electron chi connectivity index (χ1n) is 3.73. The summed E-state index contributed by atoms with van der Waals surface area (Å²) in [6, 6.07) is 5.60. The van der Waals surface area contributed by atoms with Crippen LogP contribution in [0.1, 0.15) is 22.4 Å². The second-order valence-electron chi connectivity index (χ2n) is 2.89. The average Bonchev–Trinajstić information content (AvgIpc) is 2.32. The van der Waals surface area contributed by atoms with E-state index in [1.807, 2.05) is 12.1 Å². The Hall–Kier alpha value is -0.500. The van der Waals surface area contributed by atoms with Crippen LogP contribution in [0.3, 0.4) is 0 Å². The second kappa shape index (κ2) is 2.52. The van der Waals surface area contributed by atoms with Gasteiger partial charge in [0.05, 0.1) is 0 Å². The van der Waals surface area contributed by atoms with Crippen LogP contribution in [0.15, 0.2) is 18.2 Å². The molecule has 1 aliphatic rings. The number of alkyl halides is 1. The molecule has 2 rings (SSSR count). The van der Waals surface area contributed by atoms with Gasteiger partial charge in [-0.05, 0) is 36.1 Å². The fourth-order valence-electron chi connectivity index (χ4n) is 1.55. The number of hydrogen-bond acceptors (Lipinski definition) is 1. The van der Waals surface area contributed by atoms with Gasteiger partial charge >= 0.3 is 0 Å². The molecule has 1 aliphatic carbocycles. The number of phenolic OH excluding ortho intramolecular Hbond substituents is 1. The van der Waals surface area contributed by atoms with E-state index in [-0.39, 0.29) is 0 Å². The summed E-state index contributed by atoms with van der Waals surface area (Å²) in [4.78, 5) is 0.498. The minimum Gasteiger partial charge on any atom is -0.508 e. The molecule has 0 bridgehead atoms. The van der Waals surface area contributed by atoms with Crippen LogP contribution in [0.4, 0.5) is 0 Å². The molecule has 0 saturated heterocycles. The summed E-state index contributed by atoms with van der Waals surface area (Å²) in [6.07, 6.45) is 2.23. The van der Waals surface area contributed by atoms with E-state index in [1.54, 1.807) is 6.07 Å². The highest BCUT2D eigenvalue weighted by Crippen LogP contribution is 2.38. The highest BCUT2D eigenvalue weighted by atomic mass is 79.9. The minimum atomic E-state index is 0.380. The molecule has 1 aromatic carbocycles. The number of hydrogen-bond donors (Lipinski definition) is 1. The maximum atomic E-state index is 9.17. The summed E-state index contributed by atoms with van der Waals surface area (Å²) in [5, 5.41) is 9.17. The summed E-state index contributed by atoms with van der Waals surface area (Å²) in [6.45, 7) is 0. The van der Waals surface area contributed by atoms with Crippen LogP contribution in [0, 0.1) is 0 Å². The molecule has 1 nitrogen and oxygen atoms in total. The van der Waals surface area contributed by atoms with Gasteiger partial charge in [0, 0.05) is 4.83 Å². The number of rotatable bonds is 0. The zero-order valence-corrected chi connectivity index (χ0v) is 7.63. The lowest BCUT2D eigenvalue weighted by Crippen LogP contribution is -1.81. The molecule has 0 amide bonds. The summed E-state index contributed by atoms with van der Waals surface area (Å²) >= 11 is 3.58. The average molecular weight is 213 g/mol. The quantitative estimate of drug-likeness (QED) is 0.657. The van der Waals surface area contributed by atoms with Gasteiger partial charge < -0.3 is 5.11 Å². The van der Waals surface area contributed by atoms with E-state index in [9.17, 15) is 0 Å². The SMILES string of the molecule is Oc1ccc2c(c1)CCC2Br. The van der Waals surface area contributed by atoms with E-state index < -0.39 is 0 Å². The van der Waals surface area contributed by atoms with Gasteiger partial charge in [0.1, 0.15) is 5.75 Å². The smallest absolute Gasteiger partial charge is 0.115 e. The number of fused-ring (bicyclic) bond motifs is 1. The van der Waals surface area contributed by atoms with Crippen LogP contribution in [0.2, 0.25) is 0 Å². The van der Waals surface area contributed by atoms with Gasteiger partial charge in [0.15, 0.2) is 0 Å². The molecule has 58 valence electrons. The maximum Gasteiger partial charge on any atom is 0.115 e. The molecule has 2 heteroatoms. The highest BCUT2D eigenvalue weighted by molar-refractivity contribution is 9.09. The maximum absolute atomic E-state index is 9.17. The van der Waals surface area contributed by atoms with Gasteiger partial charge in [-0.3, -0.25) is 0 Å². The Morgan fingerprint density at radius 2 is 2.27 bits per heavy atom. The molecule has 0 saturated carbocycles. The Balaban J connectivity index is 2.50. The lowest BCUT2D eigenvalue weighted by molar-refractivity contribution is 0.474. The molecule has 0 aliphatic heterocycles. The molecular weight excluding hydrogens is 204 g/mol. The van der Waals surface area contributed by atoms with Crippen LogP contribution in [0.5, 0.6) is 5.75 Å². The lowest BCUT2D eigenvalue weighted by Gasteiger charge is -2.01. The Labute approximate surface area is 74.2 Å². The van der Waals surface area contributed by atoms with Crippen LogP contribution < -0.4 is 0 Å². The fraction of sp³-hybridized carbons (Fsp3) is 0.333. The Kier molecular flexibility index (Phi) is 1.64. The Morgan fingerprint density at radius 1 is 1.45 bits per heavy atom. The first-order chi connectivity index (χ1) is 5.27. The first kappa shape index (κ1) is 7.17. The zero-order valence-electron chi connectivity index (χ0n) is 6.05. The van der Waals surface area contributed by atoms with Crippen molar-refractivity contribution in [2.45, 2.75) is 17.7 Å².